The molecule has 0 aliphatic heterocycles. The highest BCUT2D eigenvalue weighted by atomic mass is 32.2. The normalized spacial score (nSPS) is 11.1. The Hall–Kier alpha value is -1.56. The van der Waals surface area contributed by atoms with Gasteiger partial charge in [-0.15, -0.1) is 0 Å². The lowest BCUT2D eigenvalue weighted by molar-refractivity contribution is -0.464. The summed E-state index contributed by atoms with van der Waals surface area (Å²) in [7, 11) is 0.675. The molecule has 0 aromatic heterocycles. The Morgan fingerprint density at radius 1 is 1.05 bits per heavy atom. The van der Waals surface area contributed by atoms with Crippen molar-refractivity contribution in [3.05, 3.63) is 24.3 Å². The van der Waals surface area contributed by atoms with Crippen LogP contribution in [0.15, 0.2) is 24.3 Å². The molecule has 0 fully saturated rings. The molecule has 1 aromatic rings. The summed E-state index contributed by atoms with van der Waals surface area (Å²) in [6.07, 6.45) is 3.85. The molecular formula is C16H28N3O2S+. The second kappa shape index (κ2) is 8.78. The molecule has 6 heteroatoms. The van der Waals surface area contributed by atoms with Crippen molar-refractivity contribution >= 4 is 27.2 Å². The van der Waals surface area contributed by atoms with Crippen molar-refractivity contribution in [2.75, 3.05) is 29.9 Å². The summed E-state index contributed by atoms with van der Waals surface area (Å²) in [6.45, 7) is 4.09. The molecule has 0 radical (unpaired) electrons. The van der Waals surface area contributed by atoms with E-state index in [9.17, 15) is 8.42 Å². The standard InChI is InChI=1S/C16H27N3O2S/c1-5-6-7-8-13-22(20,21)18-16-11-9-15(10-12-16)17-14(2)19(3)4/h9-12,18H,5-8,13H2,1-4H3/p+1. The minimum Gasteiger partial charge on any atom is -0.284 e. The minimum absolute atomic E-state index is 0.181. The molecule has 0 atom stereocenters. The summed E-state index contributed by atoms with van der Waals surface area (Å²) in [5.41, 5.74) is 1.53. The number of nitrogens with one attached hydrogen (secondary N) is 2. The molecule has 1 aromatic carbocycles. The van der Waals surface area contributed by atoms with Gasteiger partial charge in [-0.2, -0.15) is 0 Å². The van der Waals surface area contributed by atoms with E-state index >= 15 is 0 Å². The maximum Gasteiger partial charge on any atom is 0.246 e. The zero-order valence-electron chi connectivity index (χ0n) is 14.0. The number of benzene rings is 1. The maximum absolute atomic E-state index is 12.0. The SMILES string of the molecule is CCCCCCS(=O)(=O)Nc1ccc(NC(C)=[N+](C)C)cc1. The second-order valence-corrected chi connectivity index (χ2v) is 7.51. The Labute approximate surface area is 134 Å². The van der Waals surface area contributed by atoms with Crippen LogP contribution in [0.25, 0.3) is 0 Å². The lowest BCUT2D eigenvalue weighted by Crippen LogP contribution is -2.19. The van der Waals surface area contributed by atoms with Gasteiger partial charge < -0.3 is 0 Å². The van der Waals surface area contributed by atoms with Gasteiger partial charge in [-0.3, -0.25) is 9.30 Å². The summed E-state index contributed by atoms with van der Waals surface area (Å²) in [6, 6.07) is 7.27. The number of hydrogen-bond donors (Lipinski definition) is 2. The van der Waals surface area contributed by atoms with Gasteiger partial charge in [-0.25, -0.2) is 13.7 Å². The topological polar surface area (TPSA) is 61.2 Å². The summed E-state index contributed by atoms with van der Waals surface area (Å²) >= 11 is 0. The number of nitrogens with zero attached hydrogens (tertiary/aromatic N) is 1. The number of unbranched alkanes of at least 4 members (excludes halogenated alkanes) is 3. The molecule has 0 heterocycles. The van der Waals surface area contributed by atoms with Crippen molar-refractivity contribution in [2.24, 2.45) is 0 Å². The highest BCUT2D eigenvalue weighted by Gasteiger charge is 2.10. The number of amidine groups is 1. The van der Waals surface area contributed by atoms with Crippen LogP contribution in [0.3, 0.4) is 0 Å². The smallest absolute Gasteiger partial charge is 0.246 e. The van der Waals surface area contributed by atoms with E-state index in [-0.39, 0.29) is 5.75 Å². The van der Waals surface area contributed by atoms with Gasteiger partial charge in [-0.05, 0) is 30.7 Å². The third kappa shape index (κ3) is 6.93. The first kappa shape index (κ1) is 18.5. The van der Waals surface area contributed by atoms with Crippen molar-refractivity contribution in [1.29, 1.82) is 0 Å². The first-order valence-electron chi connectivity index (χ1n) is 7.72. The Balaban J connectivity index is 2.58. The average Bonchev–Trinajstić information content (AvgIpc) is 2.45. The maximum atomic E-state index is 12.0. The third-order valence-electron chi connectivity index (χ3n) is 3.42. The molecule has 0 spiro atoms. The second-order valence-electron chi connectivity index (χ2n) is 5.66. The largest absolute Gasteiger partial charge is 0.284 e. The molecule has 5 nitrogen and oxygen atoms in total. The van der Waals surface area contributed by atoms with Crippen LogP contribution in [-0.4, -0.2) is 38.7 Å². The van der Waals surface area contributed by atoms with E-state index in [0.29, 0.717) is 12.1 Å². The molecule has 22 heavy (non-hydrogen) atoms. The van der Waals surface area contributed by atoms with Crippen LogP contribution in [-0.2, 0) is 10.0 Å². The van der Waals surface area contributed by atoms with Gasteiger partial charge in [0.1, 0.15) is 5.69 Å². The Morgan fingerprint density at radius 3 is 2.18 bits per heavy atom. The van der Waals surface area contributed by atoms with Gasteiger partial charge in [0.2, 0.25) is 15.9 Å². The number of hydrogen-bond acceptors (Lipinski definition) is 2. The van der Waals surface area contributed by atoms with Crippen LogP contribution >= 0.6 is 0 Å². The van der Waals surface area contributed by atoms with E-state index in [4.69, 9.17) is 0 Å². The van der Waals surface area contributed by atoms with E-state index in [1.165, 1.54) is 0 Å². The van der Waals surface area contributed by atoms with Gasteiger partial charge >= 0.3 is 0 Å². The Kier molecular flexibility index (Phi) is 7.38. The minimum atomic E-state index is -3.25. The molecule has 2 N–H and O–H groups in total. The van der Waals surface area contributed by atoms with Crippen LogP contribution in [0.5, 0.6) is 0 Å². The van der Waals surface area contributed by atoms with E-state index in [2.05, 4.69) is 17.0 Å². The monoisotopic (exact) mass is 326 g/mol. The van der Waals surface area contributed by atoms with Crippen LogP contribution in [0.2, 0.25) is 0 Å². The van der Waals surface area contributed by atoms with Crippen LogP contribution < -0.4 is 10.0 Å². The molecule has 0 saturated heterocycles. The lowest BCUT2D eigenvalue weighted by atomic mass is 10.2. The molecular weight excluding hydrogens is 298 g/mol. The summed E-state index contributed by atoms with van der Waals surface area (Å²) in [5.74, 6) is 1.20. The molecule has 0 bridgehead atoms. The van der Waals surface area contributed by atoms with Gasteiger partial charge in [0.25, 0.3) is 0 Å². The predicted molar refractivity (Wildman–Crippen MR) is 94.4 cm³/mol. The average molecular weight is 326 g/mol. The zero-order valence-corrected chi connectivity index (χ0v) is 14.8. The molecule has 1 rings (SSSR count). The van der Waals surface area contributed by atoms with E-state index in [1.807, 2.05) is 37.7 Å². The fourth-order valence-corrected chi connectivity index (χ4v) is 3.07. The fraction of sp³-hybridized carbons (Fsp3) is 0.562. The van der Waals surface area contributed by atoms with Crippen LogP contribution in [0.1, 0.15) is 39.5 Å². The molecule has 0 aliphatic carbocycles. The number of sulfonamides is 1. The summed E-state index contributed by atoms with van der Waals surface area (Å²) in [4.78, 5) is 0. The van der Waals surface area contributed by atoms with Crippen LogP contribution in [0.4, 0.5) is 11.4 Å². The van der Waals surface area contributed by atoms with Crippen LogP contribution in [0, 0.1) is 0 Å². The van der Waals surface area contributed by atoms with Crippen molar-refractivity contribution in [1.82, 2.24) is 0 Å². The highest BCUT2D eigenvalue weighted by molar-refractivity contribution is 7.92. The van der Waals surface area contributed by atoms with E-state index < -0.39 is 10.0 Å². The van der Waals surface area contributed by atoms with Gasteiger partial charge in [0, 0.05) is 12.6 Å². The fourth-order valence-electron chi connectivity index (χ4n) is 1.89. The van der Waals surface area contributed by atoms with E-state index in [0.717, 1.165) is 30.8 Å². The summed E-state index contributed by atoms with van der Waals surface area (Å²) in [5, 5.41) is 3.25. The predicted octanol–water partition coefficient (Wildman–Crippen LogP) is 3.11. The number of anilines is 2. The first-order valence-corrected chi connectivity index (χ1v) is 9.37. The first-order chi connectivity index (χ1) is 10.3. The molecule has 0 unspecified atom stereocenters. The van der Waals surface area contributed by atoms with Crippen molar-refractivity contribution in [3.63, 3.8) is 0 Å². The van der Waals surface area contributed by atoms with Gasteiger partial charge in [0.15, 0.2) is 0 Å². The van der Waals surface area contributed by atoms with Gasteiger partial charge in [-0.1, -0.05) is 26.2 Å². The Morgan fingerprint density at radius 2 is 1.64 bits per heavy atom. The lowest BCUT2D eigenvalue weighted by Gasteiger charge is -2.08. The summed E-state index contributed by atoms with van der Waals surface area (Å²) < 4.78 is 28.6. The van der Waals surface area contributed by atoms with Crippen molar-refractivity contribution < 1.29 is 13.0 Å². The van der Waals surface area contributed by atoms with Gasteiger partial charge in [0.05, 0.1) is 19.8 Å². The van der Waals surface area contributed by atoms with Crippen molar-refractivity contribution in [2.45, 2.75) is 39.5 Å². The quantitative estimate of drug-likeness (QED) is 0.334. The molecule has 0 amide bonds. The van der Waals surface area contributed by atoms with Crippen molar-refractivity contribution in [3.8, 4) is 0 Å². The Bertz CT molecular complexity index is 588. The molecule has 0 aliphatic rings. The highest BCUT2D eigenvalue weighted by Crippen LogP contribution is 2.15. The zero-order chi connectivity index (χ0) is 16.6. The third-order valence-corrected chi connectivity index (χ3v) is 4.79. The molecule has 0 saturated carbocycles. The number of rotatable bonds is 8. The molecule has 124 valence electrons. The van der Waals surface area contributed by atoms with E-state index in [1.54, 1.807) is 12.1 Å².